The van der Waals surface area contributed by atoms with E-state index < -0.39 is 0 Å². The van der Waals surface area contributed by atoms with E-state index in [-0.39, 0.29) is 5.54 Å². The van der Waals surface area contributed by atoms with Crippen molar-refractivity contribution < 1.29 is 0 Å². The molecule has 3 rings (SSSR count). The molecule has 1 aliphatic rings. The molecule has 0 radical (unpaired) electrons. The van der Waals surface area contributed by atoms with Crippen molar-refractivity contribution in [1.29, 1.82) is 0 Å². The van der Waals surface area contributed by atoms with E-state index >= 15 is 0 Å². The van der Waals surface area contributed by atoms with Crippen LogP contribution in [0.25, 0.3) is 11.0 Å². The first-order chi connectivity index (χ1) is 7.18. The fourth-order valence-corrected chi connectivity index (χ4v) is 2.03. The predicted octanol–water partition coefficient (Wildman–Crippen LogP) is 1.34. The van der Waals surface area contributed by atoms with Gasteiger partial charge in [0, 0.05) is 12.1 Å². The van der Waals surface area contributed by atoms with E-state index in [1.807, 2.05) is 0 Å². The summed E-state index contributed by atoms with van der Waals surface area (Å²) < 4.78 is 0. The number of anilines is 1. The van der Waals surface area contributed by atoms with Gasteiger partial charge in [0.1, 0.15) is 12.1 Å². The second kappa shape index (κ2) is 2.68. The minimum absolute atomic E-state index is 0.207. The molecule has 0 atom stereocenters. The zero-order valence-corrected chi connectivity index (χ0v) is 8.86. The Balaban J connectivity index is 2.15. The van der Waals surface area contributed by atoms with E-state index in [4.69, 9.17) is 0 Å². The molecule has 0 aromatic carbocycles. The first kappa shape index (κ1) is 8.64. The highest BCUT2D eigenvalue weighted by atomic mass is 15.3. The van der Waals surface area contributed by atoms with Gasteiger partial charge in [0.15, 0.2) is 5.65 Å². The molecular weight excluding hydrogens is 190 g/mol. The Hall–Kier alpha value is -1.65. The number of H-pyrrole nitrogens is 1. The second-order valence-corrected chi connectivity index (χ2v) is 4.54. The van der Waals surface area contributed by atoms with Crippen LogP contribution >= 0.6 is 0 Å². The van der Waals surface area contributed by atoms with Gasteiger partial charge in [0.25, 0.3) is 0 Å². The van der Waals surface area contributed by atoms with Crippen LogP contribution in [0.1, 0.15) is 20.3 Å². The van der Waals surface area contributed by atoms with Crippen molar-refractivity contribution in [3.05, 3.63) is 12.5 Å². The molecule has 5 nitrogen and oxygen atoms in total. The lowest BCUT2D eigenvalue weighted by Crippen LogP contribution is -2.56. The standard InChI is InChI=1S/C10H13N5/c1-10(2)3-4-15(10)9-7-5-13-14-8(7)11-6-12-9/h5-6H,3-4H2,1-2H3,(H,11,12,13,14). The summed E-state index contributed by atoms with van der Waals surface area (Å²) in [5.41, 5.74) is 1.01. The third-order valence-corrected chi connectivity index (χ3v) is 3.16. The van der Waals surface area contributed by atoms with Crippen molar-refractivity contribution in [2.75, 3.05) is 11.4 Å². The number of nitrogens with zero attached hydrogens (tertiary/aromatic N) is 4. The molecule has 0 aliphatic carbocycles. The Morgan fingerprint density at radius 2 is 2.27 bits per heavy atom. The number of hydrogen-bond donors (Lipinski definition) is 1. The summed E-state index contributed by atoms with van der Waals surface area (Å²) in [5, 5.41) is 7.86. The number of aromatic amines is 1. The molecule has 1 N–H and O–H groups in total. The summed E-state index contributed by atoms with van der Waals surface area (Å²) in [4.78, 5) is 10.8. The fourth-order valence-electron chi connectivity index (χ4n) is 2.03. The Morgan fingerprint density at radius 3 is 2.93 bits per heavy atom. The van der Waals surface area contributed by atoms with E-state index in [9.17, 15) is 0 Å². The van der Waals surface area contributed by atoms with Crippen LogP contribution in [0.3, 0.4) is 0 Å². The maximum absolute atomic E-state index is 4.35. The summed E-state index contributed by atoms with van der Waals surface area (Å²) in [5.74, 6) is 0.991. The number of fused-ring (bicyclic) bond motifs is 1. The quantitative estimate of drug-likeness (QED) is 0.760. The van der Waals surface area contributed by atoms with Gasteiger partial charge in [-0.1, -0.05) is 0 Å². The van der Waals surface area contributed by atoms with Gasteiger partial charge in [-0.2, -0.15) is 5.10 Å². The molecule has 0 bridgehead atoms. The van der Waals surface area contributed by atoms with Gasteiger partial charge in [-0.15, -0.1) is 0 Å². The number of rotatable bonds is 1. The molecule has 1 saturated heterocycles. The summed E-state index contributed by atoms with van der Waals surface area (Å²) in [6.45, 7) is 5.51. The SMILES string of the molecule is CC1(C)CCN1c1ncnc2[nH]ncc12. The molecule has 1 fully saturated rings. The zero-order valence-electron chi connectivity index (χ0n) is 8.86. The lowest BCUT2D eigenvalue weighted by Gasteiger charge is -2.49. The van der Waals surface area contributed by atoms with Gasteiger partial charge in [-0.3, -0.25) is 5.10 Å². The number of nitrogens with one attached hydrogen (secondary N) is 1. The van der Waals surface area contributed by atoms with Crippen molar-refractivity contribution in [3.63, 3.8) is 0 Å². The average molecular weight is 203 g/mol. The van der Waals surface area contributed by atoms with Crippen LogP contribution in [0, 0.1) is 0 Å². The third kappa shape index (κ3) is 1.12. The fraction of sp³-hybridized carbons (Fsp3) is 0.500. The molecule has 0 amide bonds. The Kier molecular flexibility index (Phi) is 1.55. The molecule has 2 aromatic rings. The van der Waals surface area contributed by atoms with Crippen LogP contribution in [-0.4, -0.2) is 32.2 Å². The predicted molar refractivity (Wildman–Crippen MR) is 57.7 cm³/mol. The highest BCUT2D eigenvalue weighted by Crippen LogP contribution is 2.36. The molecule has 0 unspecified atom stereocenters. The second-order valence-electron chi connectivity index (χ2n) is 4.54. The molecule has 1 aliphatic heterocycles. The third-order valence-electron chi connectivity index (χ3n) is 3.16. The van der Waals surface area contributed by atoms with Gasteiger partial charge < -0.3 is 4.90 Å². The monoisotopic (exact) mass is 203 g/mol. The Labute approximate surface area is 87.5 Å². The van der Waals surface area contributed by atoms with Gasteiger partial charge in [-0.25, -0.2) is 9.97 Å². The highest BCUT2D eigenvalue weighted by Gasteiger charge is 2.37. The van der Waals surface area contributed by atoms with Crippen molar-refractivity contribution in [1.82, 2.24) is 20.2 Å². The highest BCUT2D eigenvalue weighted by molar-refractivity contribution is 5.86. The van der Waals surface area contributed by atoms with Crippen LogP contribution in [-0.2, 0) is 0 Å². The summed E-state index contributed by atoms with van der Waals surface area (Å²) in [7, 11) is 0. The maximum atomic E-state index is 4.35. The molecule has 3 heterocycles. The summed E-state index contributed by atoms with van der Waals surface area (Å²) in [6, 6.07) is 0. The van der Waals surface area contributed by atoms with Crippen LogP contribution < -0.4 is 4.90 Å². The topological polar surface area (TPSA) is 57.7 Å². The van der Waals surface area contributed by atoms with Gasteiger partial charge >= 0.3 is 0 Å². The molecular formula is C10H13N5. The van der Waals surface area contributed by atoms with Crippen LogP contribution in [0.15, 0.2) is 12.5 Å². The van der Waals surface area contributed by atoms with Gasteiger partial charge in [-0.05, 0) is 20.3 Å². The van der Waals surface area contributed by atoms with E-state index in [1.54, 1.807) is 12.5 Å². The molecule has 78 valence electrons. The van der Waals surface area contributed by atoms with Crippen molar-refractivity contribution in [2.45, 2.75) is 25.8 Å². The van der Waals surface area contributed by atoms with Crippen LogP contribution in [0.5, 0.6) is 0 Å². The summed E-state index contributed by atoms with van der Waals surface area (Å²) in [6.07, 6.45) is 4.58. The molecule has 5 heteroatoms. The Morgan fingerprint density at radius 1 is 1.40 bits per heavy atom. The minimum Gasteiger partial charge on any atom is -0.351 e. The van der Waals surface area contributed by atoms with Gasteiger partial charge in [0.05, 0.1) is 11.6 Å². The van der Waals surface area contributed by atoms with Gasteiger partial charge in [0.2, 0.25) is 0 Å². The van der Waals surface area contributed by atoms with Crippen molar-refractivity contribution in [2.24, 2.45) is 0 Å². The smallest absolute Gasteiger partial charge is 0.160 e. The van der Waals surface area contributed by atoms with Crippen LogP contribution in [0.2, 0.25) is 0 Å². The maximum Gasteiger partial charge on any atom is 0.160 e. The van der Waals surface area contributed by atoms with Crippen molar-refractivity contribution >= 4 is 16.9 Å². The van der Waals surface area contributed by atoms with E-state index in [1.165, 1.54) is 6.42 Å². The lowest BCUT2D eigenvalue weighted by atomic mass is 9.89. The Bertz CT molecular complexity index is 501. The first-order valence-electron chi connectivity index (χ1n) is 5.10. The van der Waals surface area contributed by atoms with E-state index in [2.05, 4.69) is 38.9 Å². The van der Waals surface area contributed by atoms with Crippen molar-refractivity contribution in [3.8, 4) is 0 Å². The number of hydrogen-bond acceptors (Lipinski definition) is 4. The molecule has 0 saturated carbocycles. The molecule has 15 heavy (non-hydrogen) atoms. The van der Waals surface area contributed by atoms with Crippen LogP contribution in [0.4, 0.5) is 5.82 Å². The van der Waals surface area contributed by atoms with E-state index in [0.29, 0.717) is 0 Å². The minimum atomic E-state index is 0.207. The zero-order chi connectivity index (χ0) is 10.5. The normalized spacial score (nSPS) is 19.2. The van der Waals surface area contributed by atoms with E-state index in [0.717, 1.165) is 23.4 Å². The average Bonchev–Trinajstić information content (AvgIpc) is 2.65. The lowest BCUT2D eigenvalue weighted by molar-refractivity contribution is 0.330. The first-order valence-corrected chi connectivity index (χ1v) is 5.10. The molecule has 2 aromatic heterocycles. The molecule has 0 spiro atoms. The summed E-state index contributed by atoms with van der Waals surface area (Å²) >= 11 is 0. The largest absolute Gasteiger partial charge is 0.351 e. The number of aromatic nitrogens is 4.